The smallest absolute Gasteiger partial charge is 0.304 e. The molecule has 1 N–H and O–H groups in total. The maximum atomic E-state index is 10.9. The number of aliphatic carboxylic acids is 1. The molecule has 0 aromatic carbocycles. The lowest BCUT2D eigenvalue weighted by molar-refractivity contribution is -0.137. The predicted octanol–water partition coefficient (Wildman–Crippen LogP) is 5.37. The van der Waals surface area contributed by atoms with Crippen molar-refractivity contribution >= 4 is 17.7 Å². The van der Waals surface area contributed by atoms with Crippen LogP contribution < -0.4 is 0 Å². The number of hydrogen-bond acceptors (Lipinski definition) is 2. The molecule has 0 amide bonds. The van der Waals surface area contributed by atoms with Crippen LogP contribution in [0.1, 0.15) is 57.8 Å². The second kappa shape index (κ2) is 12.8. The van der Waals surface area contributed by atoms with E-state index in [-0.39, 0.29) is 5.25 Å². The molecule has 0 aromatic heterocycles. The minimum Gasteiger partial charge on any atom is -0.481 e. The number of hydrogen-bond donors (Lipinski definition) is 1. The van der Waals surface area contributed by atoms with Gasteiger partial charge in [-0.2, -0.15) is 11.8 Å². The number of carboxylic acids is 1. The highest BCUT2D eigenvalue weighted by molar-refractivity contribution is 7.99. The summed E-state index contributed by atoms with van der Waals surface area (Å²) in [5.74, 6) is 0.419. The van der Waals surface area contributed by atoms with E-state index in [4.69, 9.17) is 5.11 Å². The Morgan fingerprint density at radius 2 is 1.62 bits per heavy atom. The maximum absolute atomic E-state index is 10.9. The number of allylic oxidation sites excluding steroid dienone is 6. The first-order valence-corrected chi connectivity index (χ1v) is 9.12. The highest BCUT2D eigenvalue weighted by atomic mass is 32.2. The molecule has 1 unspecified atom stereocenters. The monoisotopic (exact) mass is 308 g/mol. The largest absolute Gasteiger partial charge is 0.481 e. The molecule has 0 saturated carbocycles. The Balaban J connectivity index is 2.42. The van der Waals surface area contributed by atoms with Crippen LogP contribution in [0.2, 0.25) is 0 Å². The fraction of sp³-hybridized carbons (Fsp3) is 0.611. The average Bonchev–Trinajstić information content (AvgIpc) is 2.45. The minimum atomic E-state index is -0.671. The Kier molecular flexibility index (Phi) is 11.0. The quantitative estimate of drug-likeness (QED) is 0.697. The zero-order valence-electron chi connectivity index (χ0n) is 12.9. The highest BCUT2D eigenvalue weighted by Gasteiger charge is 2.12. The van der Waals surface area contributed by atoms with Crippen molar-refractivity contribution in [1.82, 2.24) is 0 Å². The summed E-state index contributed by atoms with van der Waals surface area (Å²) < 4.78 is 0. The van der Waals surface area contributed by atoms with Gasteiger partial charge >= 0.3 is 5.97 Å². The molecule has 1 atom stereocenters. The Morgan fingerprint density at radius 3 is 2.33 bits per heavy atom. The van der Waals surface area contributed by atoms with E-state index in [0.29, 0.717) is 6.42 Å². The molecule has 0 saturated heterocycles. The average molecular weight is 308 g/mol. The summed E-state index contributed by atoms with van der Waals surface area (Å²) in [6.07, 6.45) is 22.4. The van der Waals surface area contributed by atoms with E-state index < -0.39 is 5.97 Å². The molecule has 0 bridgehead atoms. The standard InChI is InChI=1S/C18H28O2S/c19-18(20)16-17-14-12-10-8-6-4-2-1-3-5-7-9-11-13-15-21-17/h2-5,8,10,17H,1,6-7,9,11-16H2,(H,19,20). The van der Waals surface area contributed by atoms with Crippen LogP contribution in [-0.4, -0.2) is 22.1 Å². The molecule has 1 aliphatic heterocycles. The Hall–Kier alpha value is -0.960. The molecule has 3 heteroatoms. The molecule has 0 aliphatic carbocycles. The zero-order valence-corrected chi connectivity index (χ0v) is 13.7. The van der Waals surface area contributed by atoms with Gasteiger partial charge in [-0.05, 0) is 50.7 Å². The summed E-state index contributed by atoms with van der Waals surface area (Å²) in [6, 6.07) is 0. The third kappa shape index (κ3) is 11.4. The lowest BCUT2D eigenvalue weighted by atomic mass is 10.1. The van der Waals surface area contributed by atoms with E-state index in [1.54, 1.807) is 0 Å². The lowest BCUT2D eigenvalue weighted by Gasteiger charge is -2.13. The SMILES string of the molecule is O=C(O)CC1CCC=CCC=CCC=CCCCCCS1. The lowest BCUT2D eigenvalue weighted by Crippen LogP contribution is -2.10. The van der Waals surface area contributed by atoms with Crippen LogP contribution in [0.25, 0.3) is 0 Å². The van der Waals surface area contributed by atoms with E-state index in [1.807, 2.05) is 11.8 Å². The molecule has 0 radical (unpaired) electrons. The van der Waals surface area contributed by atoms with Gasteiger partial charge in [0.25, 0.3) is 0 Å². The third-order valence-electron chi connectivity index (χ3n) is 3.47. The van der Waals surface area contributed by atoms with Crippen molar-refractivity contribution in [2.24, 2.45) is 0 Å². The van der Waals surface area contributed by atoms with Gasteiger partial charge in [0.05, 0.1) is 6.42 Å². The van der Waals surface area contributed by atoms with Crippen molar-refractivity contribution in [2.45, 2.75) is 63.0 Å². The van der Waals surface area contributed by atoms with Crippen LogP contribution in [0.15, 0.2) is 36.5 Å². The van der Waals surface area contributed by atoms with Gasteiger partial charge in [0.1, 0.15) is 0 Å². The molecule has 2 nitrogen and oxygen atoms in total. The van der Waals surface area contributed by atoms with Crippen molar-refractivity contribution < 1.29 is 9.90 Å². The molecule has 21 heavy (non-hydrogen) atoms. The van der Waals surface area contributed by atoms with Gasteiger partial charge in [-0.25, -0.2) is 0 Å². The topological polar surface area (TPSA) is 37.3 Å². The van der Waals surface area contributed by atoms with E-state index in [9.17, 15) is 4.79 Å². The molecule has 1 aliphatic rings. The first kappa shape index (κ1) is 18.1. The summed E-state index contributed by atoms with van der Waals surface area (Å²) in [4.78, 5) is 10.9. The Labute approximate surface area is 133 Å². The number of carbonyl (C=O) groups is 1. The molecule has 0 spiro atoms. The summed E-state index contributed by atoms with van der Waals surface area (Å²) in [5.41, 5.74) is 0. The molecule has 118 valence electrons. The van der Waals surface area contributed by atoms with Gasteiger partial charge < -0.3 is 5.11 Å². The number of thioether (sulfide) groups is 1. The van der Waals surface area contributed by atoms with E-state index >= 15 is 0 Å². The van der Waals surface area contributed by atoms with Gasteiger partial charge in [-0.1, -0.05) is 42.9 Å². The fourth-order valence-corrected chi connectivity index (χ4v) is 3.56. The summed E-state index contributed by atoms with van der Waals surface area (Å²) >= 11 is 1.84. The normalized spacial score (nSPS) is 22.8. The number of carboxylic acid groups (broad SMARTS) is 1. The molecule has 1 rings (SSSR count). The summed E-state index contributed by atoms with van der Waals surface area (Å²) in [5, 5.41) is 9.25. The zero-order chi connectivity index (χ0) is 15.2. The van der Waals surface area contributed by atoms with Crippen LogP contribution in [0.4, 0.5) is 0 Å². The maximum Gasteiger partial charge on any atom is 0.304 e. The molecular weight excluding hydrogens is 280 g/mol. The van der Waals surface area contributed by atoms with Gasteiger partial charge in [0.15, 0.2) is 0 Å². The van der Waals surface area contributed by atoms with Crippen LogP contribution in [-0.2, 0) is 4.79 Å². The van der Waals surface area contributed by atoms with Gasteiger partial charge in [0, 0.05) is 5.25 Å². The van der Waals surface area contributed by atoms with Crippen LogP contribution in [0, 0.1) is 0 Å². The molecule has 0 aromatic rings. The van der Waals surface area contributed by atoms with Gasteiger partial charge in [0.2, 0.25) is 0 Å². The highest BCUT2D eigenvalue weighted by Crippen LogP contribution is 2.22. The summed E-state index contributed by atoms with van der Waals surface area (Å²) in [7, 11) is 0. The first-order chi connectivity index (χ1) is 10.3. The molecule has 1 heterocycles. The van der Waals surface area contributed by atoms with Gasteiger partial charge in [-0.15, -0.1) is 0 Å². The Bertz CT molecular complexity index is 358. The number of rotatable bonds is 2. The predicted molar refractivity (Wildman–Crippen MR) is 92.9 cm³/mol. The van der Waals surface area contributed by atoms with E-state index in [0.717, 1.165) is 37.9 Å². The van der Waals surface area contributed by atoms with Crippen molar-refractivity contribution in [1.29, 1.82) is 0 Å². The van der Waals surface area contributed by atoms with E-state index in [2.05, 4.69) is 36.5 Å². The second-order valence-electron chi connectivity index (χ2n) is 5.40. The first-order valence-electron chi connectivity index (χ1n) is 8.07. The minimum absolute atomic E-state index is 0.262. The van der Waals surface area contributed by atoms with Crippen LogP contribution in [0.5, 0.6) is 0 Å². The second-order valence-corrected chi connectivity index (χ2v) is 6.81. The van der Waals surface area contributed by atoms with Crippen molar-refractivity contribution in [3.8, 4) is 0 Å². The van der Waals surface area contributed by atoms with Crippen LogP contribution in [0.3, 0.4) is 0 Å². The van der Waals surface area contributed by atoms with Crippen LogP contribution >= 0.6 is 11.8 Å². The van der Waals surface area contributed by atoms with Gasteiger partial charge in [-0.3, -0.25) is 4.79 Å². The van der Waals surface area contributed by atoms with Crippen molar-refractivity contribution in [3.63, 3.8) is 0 Å². The molecular formula is C18H28O2S. The fourth-order valence-electron chi connectivity index (χ4n) is 2.29. The van der Waals surface area contributed by atoms with Crippen molar-refractivity contribution in [2.75, 3.05) is 5.75 Å². The molecule has 0 fully saturated rings. The van der Waals surface area contributed by atoms with E-state index in [1.165, 1.54) is 19.3 Å². The summed E-state index contributed by atoms with van der Waals surface area (Å²) in [6.45, 7) is 0. The van der Waals surface area contributed by atoms with Crippen molar-refractivity contribution in [3.05, 3.63) is 36.5 Å². The third-order valence-corrected chi connectivity index (χ3v) is 4.87. The Morgan fingerprint density at radius 1 is 0.952 bits per heavy atom.